The third-order valence-electron chi connectivity index (χ3n) is 3.76. The Morgan fingerprint density at radius 1 is 1.21 bits per heavy atom. The molecule has 1 aromatic carbocycles. The Morgan fingerprint density at radius 2 is 2.04 bits per heavy atom. The Kier molecular flexibility index (Phi) is 4.46. The molecule has 6 heteroatoms. The first-order valence-electron chi connectivity index (χ1n) is 8.02. The topological polar surface area (TPSA) is 75.6 Å². The third kappa shape index (κ3) is 3.53. The molecule has 0 aliphatic rings. The van der Waals surface area contributed by atoms with Gasteiger partial charge in [0.15, 0.2) is 0 Å². The van der Waals surface area contributed by atoms with E-state index in [0.29, 0.717) is 12.5 Å². The lowest BCUT2D eigenvalue weighted by Gasteiger charge is -2.10. The molecular weight excluding hydrogens is 302 g/mol. The van der Waals surface area contributed by atoms with Gasteiger partial charge in [0.1, 0.15) is 5.82 Å². The van der Waals surface area contributed by atoms with Gasteiger partial charge >= 0.3 is 0 Å². The van der Waals surface area contributed by atoms with E-state index in [9.17, 15) is 4.79 Å². The van der Waals surface area contributed by atoms with Gasteiger partial charge in [0.05, 0.1) is 5.69 Å². The zero-order valence-electron chi connectivity index (χ0n) is 14.1. The zero-order chi connectivity index (χ0) is 17.1. The van der Waals surface area contributed by atoms with Gasteiger partial charge in [-0.1, -0.05) is 36.8 Å². The van der Waals surface area contributed by atoms with Crippen LogP contribution in [0.3, 0.4) is 0 Å². The molecule has 0 aliphatic heterocycles. The number of hydrogen-bond acceptors (Lipinski definition) is 4. The van der Waals surface area contributed by atoms with Gasteiger partial charge in [0, 0.05) is 24.4 Å². The number of aryl methyl sites for hydroxylation is 3. The number of hydrogen-bond donors (Lipinski definition) is 2. The second-order valence-corrected chi connectivity index (χ2v) is 5.85. The van der Waals surface area contributed by atoms with Crippen molar-refractivity contribution >= 4 is 5.82 Å². The van der Waals surface area contributed by atoms with Crippen LogP contribution >= 0.6 is 0 Å². The van der Waals surface area contributed by atoms with Crippen molar-refractivity contribution in [3.05, 3.63) is 69.3 Å². The smallest absolute Gasteiger partial charge is 0.274 e. The minimum atomic E-state index is -0.265. The summed E-state index contributed by atoms with van der Waals surface area (Å²) in [6, 6.07) is 11.8. The minimum Gasteiger partial charge on any atom is -0.366 e. The normalized spacial score (nSPS) is 10.8. The second kappa shape index (κ2) is 6.70. The zero-order valence-corrected chi connectivity index (χ0v) is 14.1. The molecule has 24 heavy (non-hydrogen) atoms. The lowest BCUT2D eigenvalue weighted by atomic mass is 10.1. The number of nitrogens with zero attached hydrogens (tertiary/aromatic N) is 3. The quantitative estimate of drug-likeness (QED) is 0.757. The van der Waals surface area contributed by atoms with Crippen LogP contribution in [0.4, 0.5) is 5.82 Å². The molecule has 3 aromatic rings. The fourth-order valence-electron chi connectivity index (χ4n) is 2.59. The summed E-state index contributed by atoms with van der Waals surface area (Å²) >= 11 is 0. The van der Waals surface area contributed by atoms with Crippen molar-refractivity contribution in [1.29, 1.82) is 0 Å². The summed E-state index contributed by atoms with van der Waals surface area (Å²) in [6.45, 7) is 6.64. The molecule has 0 radical (unpaired) electrons. The Balaban J connectivity index is 1.90. The molecule has 0 amide bonds. The first kappa shape index (κ1) is 16.0. The van der Waals surface area contributed by atoms with E-state index >= 15 is 0 Å². The van der Waals surface area contributed by atoms with Crippen LogP contribution in [0.25, 0.3) is 5.95 Å². The third-order valence-corrected chi connectivity index (χ3v) is 3.76. The van der Waals surface area contributed by atoms with Crippen LogP contribution < -0.4 is 10.9 Å². The van der Waals surface area contributed by atoms with Crippen molar-refractivity contribution in [1.82, 2.24) is 19.7 Å². The average Bonchev–Trinajstić information content (AvgIpc) is 2.93. The van der Waals surface area contributed by atoms with Crippen LogP contribution in [0.5, 0.6) is 0 Å². The number of aromatic nitrogens is 4. The summed E-state index contributed by atoms with van der Waals surface area (Å²) < 4.78 is 1.64. The molecule has 0 saturated carbocycles. The molecule has 3 rings (SSSR count). The van der Waals surface area contributed by atoms with Crippen molar-refractivity contribution < 1.29 is 0 Å². The van der Waals surface area contributed by atoms with Crippen LogP contribution in [0, 0.1) is 13.8 Å². The maximum absolute atomic E-state index is 11.8. The van der Waals surface area contributed by atoms with E-state index in [1.54, 1.807) is 4.68 Å². The molecule has 124 valence electrons. The van der Waals surface area contributed by atoms with E-state index in [2.05, 4.69) is 45.5 Å². The van der Waals surface area contributed by atoms with Crippen molar-refractivity contribution in [2.45, 2.75) is 33.7 Å². The molecule has 0 aliphatic carbocycles. The number of anilines is 1. The number of benzene rings is 1. The Morgan fingerprint density at radius 3 is 2.79 bits per heavy atom. The highest BCUT2D eigenvalue weighted by Gasteiger charge is 2.10. The summed E-state index contributed by atoms with van der Waals surface area (Å²) in [7, 11) is 0. The van der Waals surface area contributed by atoms with E-state index < -0.39 is 0 Å². The molecule has 0 atom stereocenters. The second-order valence-electron chi connectivity index (χ2n) is 5.85. The molecule has 2 N–H and O–H groups in total. The van der Waals surface area contributed by atoms with Gasteiger partial charge in [-0.2, -0.15) is 14.8 Å². The molecule has 0 bridgehead atoms. The van der Waals surface area contributed by atoms with Crippen LogP contribution in [-0.2, 0) is 13.0 Å². The van der Waals surface area contributed by atoms with E-state index in [4.69, 9.17) is 0 Å². The summed E-state index contributed by atoms with van der Waals surface area (Å²) in [4.78, 5) is 19.0. The van der Waals surface area contributed by atoms with Crippen molar-refractivity contribution in [3.8, 4) is 5.95 Å². The highest BCUT2D eigenvalue weighted by molar-refractivity contribution is 5.42. The average molecular weight is 323 g/mol. The van der Waals surface area contributed by atoms with E-state index in [-0.39, 0.29) is 5.56 Å². The van der Waals surface area contributed by atoms with Gasteiger partial charge in [0.25, 0.3) is 5.56 Å². The van der Waals surface area contributed by atoms with Gasteiger partial charge < -0.3 is 10.3 Å². The molecular formula is C18H21N5O. The molecule has 2 heterocycles. The van der Waals surface area contributed by atoms with Gasteiger partial charge in [-0.05, 0) is 25.8 Å². The summed E-state index contributed by atoms with van der Waals surface area (Å²) in [5.41, 5.74) is 3.83. The molecule has 6 nitrogen and oxygen atoms in total. The lowest BCUT2D eigenvalue weighted by molar-refractivity contribution is 0.777. The van der Waals surface area contributed by atoms with Crippen LogP contribution in [-0.4, -0.2) is 19.7 Å². The predicted molar refractivity (Wildman–Crippen MR) is 94.6 cm³/mol. The Labute approximate surface area is 140 Å². The summed E-state index contributed by atoms with van der Waals surface area (Å²) in [6.07, 6.45) is 0.733. The van der Waals surface area contributed by atoms with Crippen molar-refractivity contribution in [2.24, 2.45) is 0 Å². The molecule has 0 unspecified atom stereocenters. The van der Waals surface area contributed by atoms with E-state index in [1.165, 1.54) is 17.2 Å². The van der Waals surface area contributed by atoms with Gasteiger partial charge in [-0.25, -0.2) is 0 Å². The maximum Gasteiger partial charge on any atom is 0.274 e. The molecule has 2 aromatic heterocycles. The van der Waals surface area contributed by atoms with Gasteiger partial charge in [0.2, 0.25) is 5.95 Å². The molecule has 0 saturated heterocycles. The fraction of sp³-hybridized carbons (Fsp3) is 0.278. The van der Waals surface area contributed by atoms with Crippen LogP contribution in [0.15, 0.2) is 41.2 Å². The fourth-order valence-corrected chi connectivity index (χ4v) is 2.59. The SMILES string of the molecule is CCc1cc(=O)nc(-n2nc(C)cc2NCc2cccc(C)c2)[nH]1. The van der Waals surface area contributed by atoms with Crippen molar-refractivity contribution in [2.75, 3.05) is 5.32 Å². The number of aromatic amines is 1. The highest BCUT2D eigenvalue weighted by Crippen LogP contribution is 2.15. The van der Waals surface area contributed by atoms with Crippen LogP contribution in [0.2, 0.25) is 0 Å². The lowest BCUT2D eigenvalue weighted by Crippen LogP contribution is -2.16. The Bertz CT molecular complexity index is 910. The molecule has 0 fully saturated rings. The number of H-pyrrole nitrogens is 1. The summed E-state index contributed by atoms with van der Waals surface area (Å²) in [5.74, 6) is 1.23. The van der Waals surface area contributed by atoms with E-state index in [0.717, 1.165) is 23.6 Å². The standard InChI is InChI=1S/C18H21N5O/c1-4-15-10-17(24)21-18(20-15)23-16(9-13(3)22-23)19-11-14-7-5-6-12(2)8-14/h5-10,19H,4,11H2,1-3H3,(H,20,21,24). The van der Waals surface area contributed by atoms with Gasteiger partial charge in [-0.3, -0.25) is 4.79 Å². The largest absolute Gasteiger partial charge is 0.366 e. The predicted octanol–water partition coefficient (Wildman–Crippen LogP) is 2.75. The Hall–Kier alpha value is -2.89. The minimum absolute atomic E-state index is 0.265. The van der Waals surface area contributed by atoms with E-state index in [1.807, 2.05) is 26.0 Å². The molecule has 0 spiro atoms. The number of rotatable bonds is 5. The van der Waals surface area contributed by atoms with Crippen molar-refractivity contribution in [3.63, 3.8) is 0 Å². The summed E-state index contributed by atoms with van der Waals surface area (Å²) in [5, 5.41) is 7.82. The maximum atomic E-state index is 11.8. The van der Waals surface area contributed by atoms with Crippen LogP contribution in [0.1, 0.15) is 29.4 Å². The highest BCUT2D eigenvalue weighted by atomic mass is 16.1. The monoisotopic (exact) mass is 323 g/mol. The first-order chi connectivity index (χ1) is 11.5. The first-order valence-corrected chi connectivity index (χ1v) is 8.02. The number of nitrogens with one attached hydrogen (secondary N) is 2. The van der Waals surface area contributed by atoms with Gasteiger partial charge in [-0.15, -0.1) is 0 Å².